The summed E-state index contributed by atoms with van der Waals surface area (Å²) < 4.78 is 0.998. The molecule has 1 aromatic carbocycles. The fraction of sp³-hybridized carbons (Fsp3) is 0.222. The monoisotopic (exact) mass is 293 g/mol. The number of benzene rings is 1. The van der Waals surface area contributed by atoms with Crippen LogP contribution in [0.25, 0.3) is 0 Å². The van der Waals surface area contributed by atoms with Crippen molar-refractivity contribution in [2.24, 2.45) is 10.8 Å². The molecular formula is C9H13BrClN3O. The summed E-state index contributed by atoms with van der Waals surface area (Å²) in [4.78, 5) is 0. The van der Waals surface area contributed by atoms with Crippen LogP contribution in [-0.4, -0.2) is 24.1 Å². The maximum absolute atomic E-state index is 8.51. The molecule has 4 N–H and O–H groups in total. The van der Waals surface area contributed by atoms with Gasteiger partial charge in [0.05, 0.1) is 13.2 Å². The summed E-state index contributed by atoms with van der Waals surface area (Å²) in [6, 6.07) is 7.51. The molecule has 0 spiro atoms. The lowest BCUT2D eigenvalue weighted by Gasteiger charge is -2.01. The fourth-order valence-electron chi connectivity index (χ4n) is 0.876. The van der Waals surface area contributed by atoms with E-state index in [0.29, 0.717) is 12.4 Å². The first-order valence-electron chi connectivity index (χ1n) is 4.17. The van der Waals surface area contributed by atoms with Gasteiger partial charge in [-0.3, -0.25) is 0 Å². The van der Waals surface area contributed by atoms with E-state index in [2.05, 4.69) is 26.5 Å². The van der Waals surface area contributed by atoms with Crippen molar-refractivity contribution in [3.63, 3.8) is 0 Å². The van der Waals surface area contributed by atoms with Gasteiger partial charge < -0.3 is 16.3 Å². The molecule has 1 rings (SSSR count). The van der Waals surface area contributed by atoms with Gasteiger partial charge in [-0.05, 0) is 12.1 Å². The zero-order valence-electron chi connectivity index (χ0n) is 7.98. The first-order chi connectivity index (χ1) is 6.74. The number of nitrogens with one attached hydrogen (secondary N) is 1. The number of amidine groups is 1. The van der Waals surface area contributed by atoms with Crippen LogP contribution in [0.5, 0.6) is 0 Å². The third-order valence-corrected chi connectivity index (χ3v) is 2.09. The molecule has 0 radical (unpaired) electrons. The highest BCUT2D eigenvalue weighted by atomic mass is 79.9. The molecule has 0 aliphatic carbocycles. The van der Waals surface area contributed by atoms with Crippen LogP contribution in [0.3, 0.4) is 0 Å². The Morgan fingerprint density at radius 1 is 1.40 bits per heavy atom. The Morgan fingerprint density at radius 2 is 2.00 bits per heavy atom. The Bertz CT molecular complexity index is 316. The van der Waals surface area contributed by atoms with Crippen molar-refractivity contribution in [1.29, 1.82) is 0 Å². The summed E-state index contributed by atoms with van der Waals surface area (Å²) in [6.45, 7) is 0.439. The number of aliphatic hydroxyl groups excluding tert-OH is 1. The maximum atomic E-state index is 8.51. The van der Waals surface area contributed by atoms with E-state index in [0.717, 1.165) is 10.0 Å². The Balaban J connectivity index is 0.00000196. The zero-order valence-corrected chi connectivity index (χ0v) is 10.4. The fourth-order valence-corrected chi connectivity index (χ4v) is 1.14. The molecule has 4 nitrogen and oxygen atoms in total. The van der Waals surface area contributed by atoms with E-state index in [4.69, 9.17) is 10.8 Å². The largest absolute Gasteiger partial charge is 0.394 e. The normalized spacial score (nSPS) is 10.7. The van der Waals surface area contributed by atoms with Crippen molar-refractivity contribution >= 4 is 34.2 Å². The van der Waals surface area contributed by atoms with Crippen molar-refractivity contribution in [1.82, 2.24) is 5.43 Å². The summed E-state index contributed by atoms with van der Waals surface area (Å²) in [7, 11) is 0. The van der Waals surface area contributed by atoms with E-state index >= 15 is 0 Å². The Hall–Kier alpha value is -0.780. The molecule has 0 atom stereocenters. The standard InChI is InChI=1S/C9H12BrN3O.ClH/c10-8-3-1-7(2-4-8)9(11)13-12-5-6-14;/h1-4,12,14H,5-6H2,(H2,11,13);1H. The Morgan fingerprint density at radius 3 is 2.53 bits per heavy atom. The lowest BCUT2D eigenvalue weighted by molar-refractivity contribution is 0.293. The van der Waals surface area contributed by atoms with E-state index in [-0.39, 0.29) is 19.0 Å². The highest BCUT2D eigenvalue weighted by Gasteiger charge is 1.96. The molecule has 0 saturated carbocycles. The SMILES string of the molecule is Cl.NC(=NNCCO)c1ccc(Br)cc1. The molecule has 0 amide bonds. The lowest BCUT2D eigenvalue weighted by Crippen LogP contribution is -2.20. The van der Waals surface area contributed by atoms with E-state index in [1.807, 2.05) is 24.3 Å². The molecule has 0 unspecified atom stereocenters. The van der Waals surface area contributed by atoms with Gasteiger partial charge in [0, 0.05) is 10.0 Å². The second-order valence-electron chi connectivity index (χ2n) is 2.64. The summed E-state index contributed by atoms with van der Waals surface area (Å²) in [5, 5.41) is 12.4. The van der Waals surface area contributed by atoms with E-state index < -0.39 is 0 Å². The highest BCUT2D eigenvalue weighted by Crippen LogP contribution is 2.09. The van der Waals surface area contributed by atoms with E-state index in [1.54, 1.807) is 0 Å². The van der Waals surface area contributed by atoms with Gasteiger partial charge in [-0.1, -0.05) is 28.1 Å². The number of aliphatic hydroxyl groups is 1. The Labute approximate surface area is 103 Å². The summed E-state index contributed by atoms with van der Waals surface area (Å²) >= 11 is 3.33. The van der Waals surface area contributed by atoms with Crippen LogP contribution in [0.15, 0.2) is 33.8 Å². The third-order valence-electron chi connectivity index (χ3n) is 1.56. The van der Waals surface area contributed by atoms with Crippen molar-refractivity contribution in [2.75, 3.05) is 13.2 Å². The summed E-state index contributed by atoms with van der Waals surface area (Å²) in [6.07, 6.45) is 0. The molecule has 0 aromatic heterocycles. The molecule has 6 heteroatoms. The molecule has 0 heterocycles. The summed E-state index contributed by atoms with van der Waals surface area (Å²) in [5.74, 6) is 0.408. The maximum Gasteiger partial charge on any atom is 0.150 e. The minimum atomic E-state index is 0. The molecule has 0 bridgehead atoms. The van der Waals surface area contributed by atoms with Crippen molar-refractivity contribution in [2.45, 2.75) is 0 Å². The van der Waals surface area contributed by atoms with Gasteiger partial charge in [-0.25, -0.2) is 0 Å². The number of hydrogen-bond donors (Lipinski definition) is 3. The molecule has 84 valence electrons. The van der Waals surface area contributed by atoms with Crippen LogP contribution in [0.2, 0.25) is 0 Å². The van der Waals surface area contributed by atoms with Crippen molar-refractivity contribution < 1.29 is 5.11 Å². The van der Waals surface area contributed by atoms with Crippen molar-refractivity contribution in [3.8, 4) is 0 Å². The van der Waals surface area contributed by atoms with Crippen LogP contribution in [0.1, 0.15) is 5.56 Å². The van der Waals surface area contributed by atoms with Crippen LogP contribution < -0.4 is 11.2 Å². The van der Waals surface area contributed by atoms with E-state index in [1.165, 1.54) is 0 Å². The number of hydrogen-bond acceptors (Lipinski definition) is 3. The molecule has 1 aromatic rings. The smallest absolute Gasteiger partial charge is 0.150 e. The number of hydrazone groups is 1. The first-order valence-corrected chi connectivity index (χ1v) is 4.96. The lowest BCUT2D eigenvalue weighted by atomic mass is 10.2. The number of halogens is 2. The number of rotatable bonds is 4. The predicted octanol–water partition coefficient (Wildman–Crippen LogP) is 1.07. The predicted molar refractivity (Wildman–Crippen MR) is 67.2 cm³/mol. The van der Waals surface area contributed by atoms with Gasteiger partial charge in [0.2, 0.25) is 0 Å². The van der Waals surface area contributed by atoms with Gasteiger partial charge in [0.25, 0.3) is 0 Å². The average Bonchev–Trinajstić information content (AvgIpc) is 2.19. The van der Waals surface area contributed by atoms with Crippen molar-refractivity contribution in [3.05, 3.63) is 34.3 Å². The Kier molecular flexibility index (Phi) is 7.11. The van der Waals surface area contributed by atoms with E-state index in [9.17, 15) is 0 Å². The molecule has 0 fully saturated rings. The third kappa shape index (κ3) is 5.01. The summed E-state index contributed by atoms with van der Waals surface area (Å²) in [5.41, 5.74) is 9.17. The van der Waals surface area contributed by atoms with Gasteiger partial charge in [0.1, 0.15) is 0 Å². The van der Waals surface area contributed by atoms with Gasteiger partial charge >= 0.3 is 0 Å². The first kappa shape index (κ1) is 14.2. The molecule has 15 heavy (non-hydrogen) atoms. The average molecular weight is 295 g/mol. The van der Waals surface area contributed by atoms with Gasteiger partial charge in [0.15, 0.2) is 5.84 Å². The molecule has 0 aliphatic heterocycles. The van der Waals surface area contributed by atoms with Crippen LogP contribution in [0.4, 0.5) is 0 Å². The van der Waals surface area contributed by atoms with Crippen LogP contribution in [-0.2, 0) is 0 Å². The van der Waals surface area contributed by atoms with Gasteiger partial charge in [-0.15, -0.1) is 12.4 Å². The number of nitrogens with two attached hydrogens (primary N) is 1. The van der Waals surface area contributed by atoms with Gasteiger partial charge in [-0.2, -0.15) is 5.10 Å². The quantitative estimate of drug-likeness (QED) is 0.337. The topological polar surface area (TPSA) is 70.6 Å². The second kappa shape index (κ2) is 7.50. The second-order valence-corrected chi connectivity index (χ2v) is 3.55. The van der Waals surface area contributed by atoms with Crippen LogP contribution in [0, 0.1) is 0 Å². The molecular weight excluding hydrogens is 281 g/mol. The zero-order chi connectivity index (χ0) is 10.4. The minimum absolute atomic E-state index is 0. The molecule has 0 aliphatic rings. The number of nitrogens with zero attached hydrogens (tertiary/aromatic N) is 1. The highest BCUT2D eigenvalue weighted by molar-refractivity contribution is 9.10. The minimum Gasteiger partial charge on any atom is -0.394 e. The van der Waals surface area contributed by atoms with Crippen LogP contribution >= 0.6 is 28.3 Å². The molecule has 0 saturated heterocycles.